The standard InChI is InChI=1S/C20H21N3O4S2/c1-27-15-6-7-16-17(11-15)22-20(21-16)28-12-19(24)14-5-8-18-13(10-14)4-3-9-23(18)29(2,25)26/h5-8,10-11H,3-4,9,12H2,1-2H3,(H,21,22). The molecule has 0 spiro atoms. The van der Waals surface area contributed by atoms with E-state index in [1.165, 1.54) is 22.3 Å². The largest absolute Gasteiger partial charge is 0.497 e. The highest BCUT2D eigenvalue weighted by Crippen LogP contribution is 2.30. The smallest absolute Gasteiger partial charge is 0.232 e. The summed E-state index contributed by atoms with van der Waals surface area (Å²) in [5.74, 6) is 0.962. The first-order valence-electron chi connectivity index (χ1n) is 9.15. The highest BCUT2D eigenvalue weighted by Gasteiger charge is 2.24. The quantitative estimate of drug-likeness (QED) is 0.476. The summed E-state index contributed by atoms with van der Waals surface area (Å²) in [5, 5.41) is 0.669. The van der Waals surface area contributed by atoms with Crippen LogP contribution in [0.1, 0.15) is 22.3 Å². The molecule has 29 heavy (non-hydrogen) atoms. The van der Waals surface area contributed by atoms with Crippen molar-refractivity contribution in [2.75, 3.05) is 30.0 Å². The fraction of sp³-hybridized carbons (Fsp3) is 0.300. The molecule has 0 amide bonds. The van der Waals surface area contributed by atoms with Crippen molar-refractivity contribution >= 4 is 44.3 Å². The molecular formula is C20H21N3O4S2. The SMILES string of the molecule is COc1ccc2nc(SCC(=O)c3ccc4c(c3)CCCN4S(C)(=O)=O)[nH]c2c1. The van der Waals surface area contributed by atoms with Crippen molar-refractivity contribution in [3.63, 3.8) is 0 Å². The van der Waals surface area contributed by atoms with Gasteiger partial charge in [-0.3, -0.25) is 9.10 Å². The normalized spacial score (nSPS) is 14.1. The number of nitrogens with zero attached hydrogens (tertiary/aromatic N) is 2. The van der Waals surface area contributed by atoms with Crippen molar-refractivity contribution in [3.8, 4) is 5.75 Å². The van der Waals surface area contributed by atoms with Crippen LogP contribution in [0.2, 0.25) is 0 Å². The van der Waals surface area contributed by atoms with Gasteiger partial charge in [0.1, 0.15) is 5.75 Å². The maximum Gasteiger partial charge on any atom is 0.232 e. The van der Waals surface area contributed by atoms with Gasteiger partial charge in [0.05, 0.1) is 35.8 Å². The van der Waals surface area contributed by atoms with Crippen LogP contribution in [0.5, 0.6) is 5.75 Å². The number of rotatable bonds is 6. The Morgan fingerprint density at radius 2 is 2.10 bits per heavy atom. The van der Waals surface area contributed by atoms with E-state index in [1.807, 2.05) is 24.3 Å². The number of H-pyrrole nitrogens is 1. The number of ketones is 1. The molecule has 0 aliphatic carbocycles. The van der Waals surface area contributed by atoms with Gasteiger partial charge in [-0.1, -0.05) is 11.8 Å². The Morgan fingerprint density at radius 1 is 1.28 bits per heavy atom. The molecule has 7 nitrogen and oxygen atoms in total. The summed E-state index contributed by atoms with van der Waals surface area (Å²) in [5.41, 5.74) is 3.83. The Hall–Kier alpha value is -2.52. The van der Waals surface area contributed by atoms with Gasteiger partial charge in [0, 0.05) is 18.2 Å². The highest BCUT2D eigenvalue weighted by atomic mass is 32.2. The zero-order valence-corrected chi connectivity index (χ0v) is 17.8. The number of imidazole rings is 1. The number of thioether (sulfide) groups is 1. The summed E-state index contributed by atoms with van der Waals surface area (Å²) < 4.78 is 30.6. The lowest BCUT2D eigenvalue weighted by Crippen LogP contribution is -2.34. The fourth-order valence-corrected chi connectivity index (χ4v) is 5.23. The second-order valence-electron chi connectivity index (χ2n) is 6.92. The molecule has 152 valence electrons. The fourth-order valence-electron chi connectivity index (χ4n) is 3.46. The summed E-state index contributed by atoms with van der Waals surface area (Å²) in [4.78, 5) is 20.4. The van der Waals surface area contributed by atoms with E-state index in [2.05, 4.69) is 9.97 Å². The number of methoxy groups -OCH3 is 1. The maximum absolute atomic E-state index is 12.7. The number of nitrogens with one attached hydrogen (secondary N) is 1. The molecule has 0 saturated carbocycles. The van der Waals surface area contributed by atoms with Crippen LogP contribution in [0.25, 0.3) is 11.0 Å². The van der Waals surface area contributed by atoms with Crippen LogP contribution in [-0.2, 0) is 16.4 Å². The van der Waals surface area contributed by atoms with Gasteiger partial charge >= 0.3 is 0 Å². The van der Waals surface area contributed by atoms with Gasteiger partial charge in [-0.25, -0.2) is 13.4 Å². The Kier molecular flexibility index (Phi) is 5.26. The van der Waals surface area contributed by atoms with Gasteiger partial charge < -0.3 is 9.72 Å². The van der Waals surface area contributed by atoms with Crippen LogP contribution in [-0.4, -0.2) is 49.8 Å². The van der Waals surface area contributed by atoms with Crippen LogP contribution in [0, 0.1) is 0 Å². The van der Waals surface area contributed by atoms with Crippen LogP contribution in [0.3, 0.4) is 0 Å². The van der Waals surface area contributed by atoms with E-state index in [4.69, 9.17) is 4.74 Å². The van der Waals surface area contributed by atoms with E-state index < -0.39 is 10.0 Å². The lowest BCUT2D eigenvalue weighted by Gasteiger charge is -2.29. The summed E-state index contributed by atoms with van der Waals surface area (Å²) in [6.45, 7) is 0.478. The molecule has 2 aromatic carbocycles. The lowest BCUT2D eigenvalue weighted by molar-refractivity contribution is 0.102. The summed E-state index contributed by atoms with van der Waals surface area (Å²) in [7, 11) is -1.70. The second kappa shape index (κ2) is 7.72. The van der Waals surface area contributed by atoms with E-state index in [0.717, 1.165) is 35.2 Å². The first-order chi connectivity index (χ1) is 13.8. The molecule has 0 saturated heterocycles. The number of hydrogen-bond donors (Lipinski definition) is 1. The first-order valence-corrected chi connectivity index (χ1v) is 12.0. The minimum absolute atomic E-state index is 0.0210. The number of aromatic amines is 1. The van der Waals surface area contributed by atoms with Crippen LogP contribution >= 0.6 is 11.8 Å². The zero-order valence-electron chi connectivity index (χ0n) is 16.1. The van der Waals surface area contributed by atoms with E-state index in [9.17, 15) is 13.2 Å². The molecule has 0 fully saturated rings. The topological polar surface area (TPSA) is 92.4 Å². The van der Waals surface area contributed by atoms with Crippen molar-refractivity contribution < 1.29 is 17.9 Å². The number of carbonyl (C=O) groups excluding carboxylic acids is 1. The average Bonchev–Trinajstić information content (AvgIpc) is 3.12. The average molecular weight is 432 g/mol. The Bertz CT molecular complexity index is 1190. The van der Waals surface area contributed by atoms with E-state index in [-0.39, 0.29) is 11.5 Å². The lowest BCUT2D eigenvalue weighted by atomic mass is 9.99. The van der Waals surface area contributed by atoms with Crippen LogP contribution in [0.15, 0.2) is 41.6 Å². The zero-order chi connectivity index (χ0) is 20.6. The van der Waals surface area contributed by atoms with E-state index in [1.54, 1.807) is 19.2 Å². The van der Waals surface area contributed by atoms with Crippen molar-refractivity contribution in [3.05, 3.63) is 47.5 Å². The third-order valence-corrected chi connectivity index (χ3v) is 6.94. The van der Waals surface area contributed by atoms with Gasteiger partial charge in [-0.05, 0) is 48.7 Å². The Labute approximate surface area is 173 Å². The molecule has 3 aromatic rings. The number of carbonyl (C=O) groups is 1. The molecular weight excluding hydrogens is 410 g/mol. The van der Waals surface area contributed by atoms with Crippen LogP contribution in [0.4, 0.5) is 5.69 Å². The molecule has 0 bridgehead atoms. The molecule has 0 radical (unpaired) electrons. The molecule has 0 atom stereocenters. The van der Waals surface area contributed by atoms with Crippen molar-refractivity contribution in [1.29, 1.82) is 0 Å². The number of benzene rings is 2. The third-order valence-electron chi connectivity index (χ3n) is 4.89. The van der Waals surface area contributed by atoms with E-state index in [0.29, 0.717) is 23.0 Å². The van der Waals surface area contributed by atoms with Crippen molar-refractivity contribution in [2.24, 2.45) is 0 Å². The van der Waals surface area contributed by atoms with E-state index >= 15 is 0 Å². The number of sulfonamides is 1. The molecule has 1 N–H and O–H groups in total. The molecule has 2 heterocycles. The number of aryl methyl sites for hydroxylation is 1. The maximum atomic E-state index is 12.7. The summed E-state index contributed by atoms with van der Waals surface area (Å²) >= 11 is 1.34. The Morgan fingerprint density at radius 3 is 2.86 bits per heavy atom. The molecule has 1 aromatic heterocycles. The van der Waals surface area contributed by atoms with Crippen LogP contribution < -0.4 is 9.04 Å². The monoisotopic (exact) mass is 431 g/mol. The van der Waals surface area contributed by atoms with Gasteiger partial charge in [-0.15, -0.1) is 0 Å². The number of Topliss-reactive ketones (excluding diaryl/α,β-unsaturated/α-hetero) is 1. The predicted molar refractivity (Wildman–Crippen MR) is 115 cm³/mol. The number of ether oxygens (including phenoxy) is 1. The number of fused-ring (bicyclic) bond motifs is 2. The molecule has 1 aliphatic heterocycles. The minimum atomic E-state index is -3.31. The first kappa shape index (κ1) is 19.8. The highest BCUT2D eigenvalue weighted by molar-refractivity contribution is 7.99. The van der Waals surface area contributed by atoms with Gasteiger partial charge in [0.15, 0.2) is 10.9 Å². The van der Waals surface area contributed by atoms with Gasteiger partial charge in [0.25, 0.3) is 0 Å². The third kappa shape index (κ3) is 4.11. The predicted octanol–water partition coefficient (Wildman–Crippen LogP) is 3.26. The molecule has 4 rings (SSSR count). The second-order valence-corrected chi connectivity index (χ2v) is 9.79. The number of aromatic nitrogens is 2. The molecule has 9 heteroatoms. The Balaban J connectivity index is 1.49. The summed E-state index contributed by atoms with van der Waals surface area (Å²) in [6, 6.07) is 10.8. The van der Waals surface area contributed by atoms with Crippen molar-refractivity contribution in [1.82, 2.24) is 9.97 Å². The molecule has 1 aliphatic rings. The number of hydrogen-bond acceptors (Lipinski definition) is 6. The van der Waals surface area contributed by atoms with Gasteiger partial charge in [-0.2, -0.15) is 0 Å². The molecule has 0 unspecified atom stereocenters. The minimum Gasteiger partial charge on any atom is -0.497 e. The van der Waals surface area contributed by atoms with Gasteiger partial charge in [0.2, 0.25) is 10.0 Å². The number of anilines is 1. The summed E-state index contributed by atoms with van der Waals surface area (Å²) in [6.07, 6.45) is 2.72. The van der Waals surface area contributed by atoms with Crippen molar-refractivity contribution in [2.45, 2.75) is 18.0 Å².